The number of para-hydroxylation sites is 1. The summed E-state index contributed by atoms with van der Waals surface area (Å²) in [6.07, 6.45) is 7.27. The lowest BCUT2D eigenvalue weighted by atomic mass is 10.1. The summed E-state index contributed by atoms with van der Waals surface area (Å²) >= 11 is 0. The molecule has 1 aromatic carbocycles. The van der Waals surface area contributed by atoms with Gasteiger partial charge in [0.2, 0.25) is 11.8 Å². The molecule has 2 amide bonds. The SMILES string of the molecule is CCOc1ccccc1C=CC(=O)N(CC(N)=O)C1CCCC1. The Labute approximate surface area is 137 Å². The van der Waals surface area contributed by atoms with Gasteiger partial charge >= 0.3 is 0 Å². The van der Waals surface area contributed by atoms with Crippen LogP contribution in [-0.2, 0) is 9.59 Å². The van der Waals surface area contributed by atoms with Gasteiger partial charge in [0.25, 0.3) is 0 Å². The van der Waals surface area contributed by atoms with Crippen molar-refractivity contribution in [2.75, 3.05) is 13.2 Å². The Balaban J connectivity index is 2.12. The third kappa shape index (κ3) is 4.84. The fourth-order valence-electron chi connectivity index (χ4n) is 2.93. The molecule has 0 bridgehead atoms. The highest BCUT2D eigenvalue weighted by Crippen LogP contribution is 2.24. The minimum Gasteiger partial charge on any atom is -0.493 e. The van der Waals surface area contributed by atoms with Gasteiger partial charge in [0.15, 0.2) is 0 Å². The Morgan fingerprint density at radius 2 is 2.00 bits per heavy atom. The zero-order chi connectivity index (χ0) is 16.7. The van der Waals surface area contributed by atoms with E-state index >= 15 is 0 Å². The van der Waals surface area contributed by atoms with Gasteiger partial charge in [-0.15, -0.1) is 0 Å². The molecule has 0 aliphatic heterocycles. The molecule has 5 heteroatoms. The number of carbonyl (C=O) groups excluding carboxylic acids is 2. The minimum absolute atomic E-state index is 0.0268. The third-order valence-corrected chi connectivity index (χ3v) is 4.00. The number of ether oxygens (including phenoxy) is 1. The lowest BCUT2D eigenvalue weighted by Gasteiger charge is -2.26. The standard InChI is InChI=1S/C18H24N2O3/c1-2-23-16-10-6-3-7-14(16)11-12-18(22)20(13-17(19)21)15-8-4-5-9-15/h3,6-7,10-12,15H,2,4-5,8-9,13H2,1H3,(H2,19,21). The Morgan fingerprint density at radius 1 is 1.30 bits per heavy atom. The van der Waals surface area contributed by atoms with E-state index in [-0.39, 0.29) is 18.5 Å². The van der Waals surface area contributed by atoms with Gasteiger partial charge in [-0.3, -0.25) is 9.59 Å². The van der Waals surface area contributed by atoms with Crippen molar-refractivity contribution < 1.29 is 14.3 Å². The van der Waals surface area contributed by atoms with Crippen molar-refractivity contribution in [2.45, 2.75) is 38.6 Å². The van der Waals surface area contributed by atoms with Crippen molar-refractivity contribution >= 4 is 17.9 Å². The van der Waals surface area contributed by atoms with Crippen LogP contribution in [0.3, 0.4) is 0 Å². The lowest BCUT2D eigenvalue weighted by Crippen LogP contribution is -2.43. The van der Waals surface area contributed by atoms with Gasteiger partial charge in [-0.25, -0.2) is 0 Å². The monoisotopic (exact) mass is 316 g/mol. The van der Waals surface area contributed by atoms with Gasteiger partial charge in [0.1, 0.15) is 5.75 Å². The van der Waals surface area contributed by atoms with Crippen molar-refractivity contribution in [1.29, 1.82) is 0 Å². The molecular formula is C18H24N2O3. The Morgan fingerprint density at radius 3 is 2.65 bits per heavy atom. The Bertz CT molecular complexity index is 577. The molecule has 0 saturated heterocycles. The number of amides is 2. The minimum atomic E-state index is -0.478. The maximum Gasteiger partial charge on any atom is 0.247 e. The second-order valence-electron chi connectivity index (χ2n) is 5.67. The highest BCUT2D eigenvalue weighted by molar-refractivity contribution is 5.94. The molecule has 0 aromatic heterocycles. The van der Waals surface area contributed by atoms with E-state index in [4.69, 9.17) is 10.5 Å². The van der Waals surface area contributed by atoms with Crippen molar-refractivity contribution in [3.8, 4) is 5.75 Å². The largest absolute Gasteiger partial charge is 0.493 e. The van der Waals surface area contributed by atoms with E-state index < -0.39 is 5.91 Å². The number of nitrogens with zero attached hydrogens (tertiary/aromatic N) is 1. The number of hydrogen-bond acceptors (Lipinski definition) is 3. The molecule has 0 heterocycles. The molecule has 1 saturated carbocycles. The van der Waals surface area contributed by atoms with Crippen LogP contribution in [0.4, 0.5) is 0 Å². The second-order valence-corrected chi connectivity index (χ2v) is 5.67. The molecule has 1 aromatic rings. The predicted octanol–water partition coefficient (Wildman–Crippen LogP) is 2.36. The summed E-state index contributed by atoms with van der Waals surface area (Å²) in [6, 6.07) is 7.66. The number of primary amides is 1. The van der Waals surface area contributed by atoms with E-state index in [0.29, 0.717) is 6.61 Å². The lowest BCUT2D eigenvalue weighted by molar-refractivity contribution is -0.133. The average Bonchev–Trinajstić information content (AvgIpc) is 3.05. The highest BCUT2D eigenvalue weighted by atomic mass is 16.5. The topological polar surface area (TPSA) is 72.6 Å². The number of rotatable bonds is 7. The summed E-state index contributed by atoms with van der Waals surface area (Å²) in [5, 5.41) is 0. The molecule has 0 radical (unpaired) electrons. The maximum atomic E-state index is 12.5. The van der Waals surface area contributed by atoms with Gasteiger partial charge in [0, 0.05) is 17.7 Å². The molecule has 124 valence electrons. The molecule has 1 aliphatic rings. The van der Waals surface area contributed by atoms with E-state index in [9.17, 15) is 9.59 Å². The first-order valence-corrected chi connectivity index (χ1v) is 8.10. The summed E-state index contributed by atoms with van der Waals surface area (Å²) < 4.78 is 5.54. The van der Waals surface area contributed by atoms with E-state index in [1.807, 2.05) is 31.2 Å². The molecule has 23 heavy (non-hydrogen) atoms. The first-order valence-electron chi connectivity index (χ1n) is 8.10. The fraction of sp³-hybridized carbons (Fsp3) is 0.444. The summed E-state index contributed by atoms with van der Waals surface area (Å²) in [5.74, 6) is 0.0803. The first-order chi connectivity index (χ1) is 11.1. The molecule has 1 fully saturated rings. The van der Waals surface area contributed by atoms with E-state index in [1.165, 1.54) is 6.08 Å². The number of carbonyl (C=O) groups is 2. The quantitative estimate of drug-likeness (QED) is 0.785. The number of nitrogens with two attached hydrogens (primary N) is 1. The van der Waals surface area contributed by atoms with Crippen molar-refractivity contribution in [3.05, 3.63) is 35.9 Å². The van der Waals surface area contributed by atoms with E-state index in [1.54, 1.807) is 11.0 Å². The summed E-state index contributed by atoms with van der Waals surface area (Å²) in [6.45, 7) is 2.45. The van der Waals surface area contributed by atoms with Crippen LogP contribution in [0.1, 0.15) is 38.2 Å². The van der Waals surface area contributed by atoms with Crippen molar-refractivity contribution in [1.82, 2.24) is 4.90 Å². The van der Waals surface area contributed by atoms with Crippen LogP contribution in [0, 0.1) is 0 Å². The van der Waals surface area contributed by atoms with Crippen LogP contribution in [-0.4, -0.2) is 35.9 Å². The average molecular weight is 316 g/mol. The van der Waals surface area contributed by atoms with E-state index in [2.05, 4.69) is 0 Å². The number of benzene rings is 1. The van der Waals surface area contributed by atoms with Gasteiger partial charge < -0.3 is 15.4 Å². The van der Waals surface area contributed by atoms with Gasteiger partial charge in [-0.05, 0) is 31.9 Å². The van der Waals surface area contributed by atoms with Gasteiger partial charge in [-0.1, -0.05) is 31.0 Å². The van der Waals surface area contributed by atoms with Crippen molar-refractivity contribution in [2.24, 2.45) is 5.73 Å². The highest BCUT2D eigenvalue weighted by Gasteiger charge is 2.26. The van der Waals surface area contributed by atoms with Crippen LogP contribution in [0.15, 0.2) is 30.3 Å². The van der Waals surface area contributed by atoms with Crippen LogP contribution >= 0.6 is 0 Å². The molecule has 2 N–H and O–H groups in total. The molecule has 0 spiro atoms. The molecule has 1 aliphatic carbocycles. The molecule has 2 rings (SSSR count). The number of hydrogen-bond donors (Lipinski definition) is 1. The van der Waals surface area contributed by atoms with Crippen LogP contribution in [0.5, 0.6) is 5.75 Å². The predicted molar refractivity (Wildman–Crippen MR) is 89.8 cm³/mol. The van der Waals surface area contributed by atoms with E-state index in [0.717, 1.165) is 37.0 Å². The smallest absolute Gasteiger partial charge is 0.247 e. The molecule has 0 atom stereocenters. The van der Waals surface area contributed by atoms with Crippen LogP contribution in [0.25, 0.3) is 6.08 Å². The van der Waals surface area contributed by atoms with Gasteiger partial charge in [0.05, 0.1) is 13.2 Å². The Hall–Kier alpha value is -2.30. The van der Waals surface area contributed by atoms with Gasteiger partial charge in [-0.2, -0.15) is 0 Å². The summed E-state index contributed by atoms with van der Waals surface area (Å²) in [5.41, 5.74) is 6.13. The fourth-order valence-corrected chi connectivity index (χ4v) is 2.93. The normalized spacial score (nSPS) is 15.0. The van der Waals surface area contributed by atoms with Crippen LogP contribution in [0.2, 0.25) is 0 Å². The molecular weight excluding hydrogens is 292 g/mol. The summed E-state index contributed by atoms with van der Waals surface area (Å²) in [4.78, 5) is 25.4. The van der Waals surface area contributed by atoms with Crippen LogP contribution < -0.4 is 10.5 Å². The Kier molecular flexibility index (Phi) is 6.20. The molecule has 0 unspecified atom stereocenters. The maximum absolute atomic E-state index is 12.5. The summed E-state index contributed by atoms with van der Waals surface area (Å²) in [7, 11) is 0. The van der Waals surface area contributed by atoms with Crippen molar-refractivity contribution in [3.63, 3.8) is 0 Å². The molecule has 5 nitrogen and oxygen atoms in total. The first kappa shape index (κ1) is 17.1. The second kappa shape index (κ2) is 8.36. The third-order valence-electron chi connectivity index (χ3n) is 4.00. The zero-order valence-corrected chi connectivity index (χ0v) is 13.5. The zero-order valence-electron chi connectivity index (χ0n) is 13.5.